The molecule has 0 aliphatic heterocycles. The quantitative estimate of drug-likeness (QED) is 0.677. The number of benzene rings is 2. The molecule has 0 fully saturated rings. The van der Waals surface area contributed by atoms with Gasteiger partial charge in [0.2, 0.25) is 0 Å². The van der Waals surface area contributed by atoms with Crippen LogP contribution in [0.15, 0.2) is 48.5 Å². The van der Waals surface area contributed by atoms with Crippen LogP contribution in [0.3, 0.4) is 0 Å². The fourth-order valence-electron chi connectivity index (χ4n) is 2.95. The summed E-state index contributed by atoms with van der Waals surface area (Å²) in [5.41, 5.74) is 2.64. The Labute approximate surface area is 140 Å². The van der Waals surface area contributed by atoms with Crippen LogP contribution in [0.5, 0.6) is 11.5 Å². The van der Waals surface area contributed by atoms with Crippen molar-refractivity contribution in [2.24, 2.45) is 5.92 Å². The van der Waals surface area contributed by atoms with Crippen molar-refractivity contribution in [3.05, 3.63) is 59.7 Å². The summed E-state index contributed by atoms with van der Waals surface area (Å²) in [6.07, 6.45) is 2.30. The summed E-state index contributed by atoms with van der Waals surface area (Å²) in [4.78, 5) is 0. The molecule has 23 heavy (non-hydrogen) atoms. The third-order valence-corrected chi connectivity index (χ3v) is 4.68. The third kappa shape index (κ3) is 4.07. The van der Waals surface area contributed by atoms with Crippen molar-refractivity contribution in [1.82, 2.24) is 0 Å². The molecule has 0 radical (unpaired) electrons. The number of hydrogen-bond donors (Lipinski definition) is 0. The van der Waals surface area contributed by atoms with Crippen molar-refractivity contribution in [3.63, 3.8) is 0 Å². The van der Waals surface area contributed by atoms with Gasteiger partial charge in [-0.2, -0.15) is 0 Å². The van der Waals surface area contributed by atoms with E-state index >= 15 is 0 Å². The van der Waals surface area contributed by atoms with E-state index in [1.165, 1.54) is 17.5 Å². The van der Waals surface area contributed by atoms with E-state index in [1.54, 1.807) is 14.2 Å². The predicted molar refractivity (Wildman–Crippen MR) is 96.5 cm³/mol. The van der Waals surface area contributed by atoms with Gasteiger partial charge < -0.3 is 9.47 Å². The second-order valence-corrected chi connectivity index (χ2v) is 6.72. The Morgan fingerprint density at radius 1 is 0.783 bits per heavy atom. The lowest BCUT2D eigenvalue weighted by Crippen LogP contribution is -2.24. The molecule has 0 aliphatic carbocycles. The van der Waals surface area contributed by atoms with Gasteiger partial charge in [0.25, 0.3) is 0 Å². The minimum Gasteiger partial charge on any atom is -0.497 e. The molecule has 0 atom stereocenters. The first-order valence-corrected chi connectivity index (χ1v) is 8.28. The van der Waals surface area contributed by atoms with Crippen LogP contribution >= 0.6 is 0 Å². The first-order chi connectivity index (χ1) is 11.0. The molecule has 0 saturated carbocycles. The molecule has 0 aromatic heterocycles. The molecule has 0 bridgehead atoms. The van der Waals surface area contributed by atoms with Crippen LogP contribution in [0.4, 0.5) is 0 Å². The highest BCUT2D eigenvalue weighted by Gasteiger charge is 2.29. The summed E-state index contributed by atoms with van der Waals surface area (Å²) < 4.78 is 10.6. The van der Waals surface area contributed by atoms with Gasteiger partial charge in [-0.3, -0.25) is 0 Å². The fourth-order valence-corrected chi connectivity index (χ4v) is 2.95. The van der Waals surface area contributed by atoms with Gasteiger partial charge in [-0.25, -0.2) is 0 Å². The number of ether oxygens (including phenoxy) is 2. The van der Waals surface area contributed by atoms with Crippen molar-refractivity contribution >= 4 is 0 Å². The molecule has 2 heteroatoms. The van der Waals surface area contributed by atoms with Gasteiger partial charge in [0, 0.05) is 5.41 Å². The lowest BCUT2D eigenvalue weighted by atomic mass is 9.72. The van der Waals surface area contributed by atoms with Gasteiger partial charge in [-0.1, -0.05) is 45.0 Å². The SMILES string of the molecule is COc1ccc(C(C)(CCC(C)C)c2ccc(OC)cc2)cc1. The van der Waals surface area contributed by atoms with Gasteiger partial charge in [0.1, 0.15) is 11.5 Å². The molecule has 0 aliphatic rings. The van der Waals surface area contributed by atoms with Gasteiger partial charge >= 0.3 is 0 Å². The van der Waals surface area contributed by atoms with Crippen LogP contribution in [-0.2, 0) is 5.41 Å². The predicted octanol–water partition coefficient (Wildman–Crippen LogP) is 5.45. The molecule has 0 heterocycles. The topological polar surface area (TPSA) is 18.5 Å². The molecule has 0 saturated heterocycles. The Kier molecular flexibility index (Phi) is 5.70. The van der Waals surface area contributed by atoms with Crippen molar-refractivity contribution in [3.8, 4) is 11.5 Å². The van der Waals surface area contributed by atoms with E-state index in [0.29, 0.717) is 5.92 Å². The maximum atomic E-state index is 5.30. The molecule has 2 aromatic carbocycles. The zero-order valence-corrected chi connectivity index (χ0v) is 14.9. The van der Waals surface area contributed by atoms with Crippen LogP contribution < -0.4 is 9.47 Å². The Balaban J connectivity index is 2.40. The van der Waals surface area contributed by atoms with Crippen molar-refractivity contribution in [2.45, 2.75) is 39.0 Å². The van der Waals surface area contributed by atoms with Gasteiger partial charge in [0.15, 0.2) is 0 Å². The maximum absolute atomic E-state index is 5.30. The highest BCUT2D eigenvalue weighted by Crippen LogP contribution is 2.38. The van der Waals surface area contributed by atoms with E-state index in [4.69, 9.17) is 9.47 Å². The summed E-state index contributed by atoms with van der Waals surface area (Å²) in [6, 6.07) is 16.9. The zero-order valence-electron chi connectivity index (χ0n) is 14.9. The van der Waals surface area contributed by atoms with E-state index < -0.39 is 0 Å². The van der Waals surface area contributed by atoms with E-state index in [2.05, 4.69) is 45.0 Å². The lowest BCUT2D eigenvalue weighted by Gasteiger charge is -2.32. The summed E-state index contributed by atoms with van der Waals surface area (Å²) >= 11 is 0. The van der Waals surface area contributed by atoms with Crippen molar-refractivity contribution < 1.29 is 9.47 Å². The summed E-state index contributed by atoms with van der Waals surface area (Å²) in [7, 11) is 3.41. The molecule has 124 valence electrons. The largest absolute Gasteiger partial charge is 0.497 e. The Bertz CT molecular complexity index is 549. The molecule has 0 N–H and O–H groups in total. The number of methoxy groups -OCH3 is 2. The van der Waals surface area contributed by atoms with E-state index in [9.17, 15) is 0 Å². The highest BCUT2D eigenvalue weighted by atomic mass is 16.5. The van der Waals surface area contributed by atoms with E-state index in [0.717, 1.165) is 17.9 Å². The van der Waals surface area contributed by atoms with Crippen LogP contribution in [0, 0.1) is 5.92 Å². The van der Waals surface area contributed by atoms with Crippen LogP contribution in [0.2, 0.25) is 0 Å². The fraction of sp³-hybridized carbons (Fsp3) is 0.429. The van der Waals surface area contributed by atoms with Crippen molar-refractivity contribution in [2.75, 3.05) is 14.2 Å². The summed E-state index contributed by atoms with van der Waals surface area (Å²) in [6.45, 7) is 6.89. The Morgan fingerprint density at radius 3 is 1.48 bits per heavy atom. The number of hydrogen-bond acceptors (Lipinski definition) is 2. The minimum absolute atomic E-state index is 0.0111. The van der Waals surface area contributed by atoms with Crippen LogP contribution in [0.25, 0.3) is 0 Å². The normalized spacial score (nSPS) is 11.6. The molecule has 0 spiro atoms. The lowest BCUT2D eigenvalue weighted by molar-refractivity contribution is 0.410. The molecule has 0 unspecified atom stereocenters. The minimum atomic E-state index is -0.0111. The Hall–Kier alpha value is -1.96. The second kappa shape index (κ2) is 7.54. The van der Waals surface area contributed by atoms with Crippen LogP contribution in [0.1, 0.15) is 44.7 Å². The second-order valence-electron chi connectivity index (χ2n) is 6.72. The standard InChI is InChI=1S/C21H28O2/c1-16(2)14-15-21(3,17-6-10-19(22-4)11-7-17)18-8-12-20(23-5)13-9-18/h6-13,16H,14-15H2,1-5H3. The molecule has 2 nitrogen and oxygen atoms in total. The highest BCUT2D eigenvalue weighted by molar-refractivity contribution is 5.42. The summed E-state index contributed by atoms with van der Waals surface area (Å²) in [5.74, 6) is 2.48. The van der Waals surface area contributed by atoms with Gasteiger partial charge in [-0.05, 0) is 54.2 Å². The van der Waals surface area contributed by atoms with Crippen molar-refractivity contribution in [1.29, 1.82) is 0 Å². The third-order valence-electron chi connectivity index (χ3n) is 4.68. The maximum Gasteiger partial charge on any atom is 0.118 e. The zero-order chi connectivity index (χ0) is 16.9. The van der Waals surface area contributed by atoms with Gasteiger partial charge in [0.05, 0.1) is 14.2 Å². The molecule has 2 rings (SSSR count). The average Bonchev–Trinajstić information content (AvgIpc) is 2.59. The molecule has 0 amide bonds. The Morgan fingerprint density at radius 2 is 1.17 bits per heavy atom. The first kappa shape index (κ1) is 17.4. The molecule has 2 aromatic rings. The number of rotatable bonds is 7. The van der Waals surface area contributed by atoms with Crippen LogP contribution in [-0.4, -0.2) is 14.2 Å². The monoisotopic (exact) mass is 312 g/mol. The van der Waals surface area contributed by atoms with Gasteiger partial charge in [-0.15, -0.1) is 0 Å². The van der Waals surface area contributed by atoms with E-state index in [1.807, 2.05) is 24.3 Å². The summed E-state index contributed by atoms with van der Waals surface area (Å²) in [5, 5.41) is 0. The smallest absolute Gasteiger partial charge is 0.118 e. The molecular weight excluding hydrogens is 284 g/mol. The van der Waals surface area contributed by atoms with E-state index in [-0.39, 0.29) is 5.41 Å². The molecular formula is C21H28O2. The average molecular weight is 312 g/mol. The first-order valence-electron chi connectivity index (χ1n) is 8.28.